The van der Waals surface area contributed by atoms with Crippen LogP contribution in [0.2, 0.25) is 0 Å². The van der Waals surface area contributed by atoms with E-state index < -0.39 is 4.92 Å². The van der Waals surface area contributed by atoms with Gasteiger partial charge in [0.05, 0.1) is 16.2 Å². The molecule has 19 heavy (non-hydrogen) atoms. The first-order valence-corrected chi connectivity index (χ1v) is 6.21. The second-order valence-electron chi connectivity index (χ2n) is 4.88. The molecule has 2 unspecified atom stereocenters. The van der Waals surface area contributed by atoms with Crippen LogP contribution in [0.15, 0.2) is 18.2 Å². The smallest absolute Gasteiger partial charge is 0.270 e. The van der Waals surface area contributed by atoms with Gasteiger partial charge in [0.25, 0.3) is 5.69 Å². The first kappa shape index (κ1) is 13.3. The van der Waals surface area contributed by atoms with E-state index in [4.69, 9.17) is 0 Å². The molecule has 0 aliphatic carbocycles. The van der Waals surface area contributed by atoms with Gasteiger partial charge in [-0.1, -0.05) is 0 Å². The maximum absolute atomic E-state index is 10.7. The van der Waals surface area contributed by atoms with Gasteiger partial charge >= 0.3 is 0 Å². The van der Waals surface area contributed by atoms with Crippen molar-refractivity contribution >= 4 is 11.4 Å². The minimum Gasteiger partial charge on any atom is -0.365 e. The number of piperazine rings is 1. The maximum Gasteiger partial charge on any atom is 0.270 e. The van der Waals surface area contributed by atoms with Crippen LogP contribution in [-0.4, -0.2) is 30.1 Å². The second-order valence-corrected chi connectivity index (χ2v) is 4.88. The molecule has 6 nitrogen and oxygen atoms in total. The summed E-state index contributed by atoms with van der Waals surface area (Å²) in [7, 11) is 0. The van der Waals surface area contributed by atoms with Gasteiger partial charge in [-0.05, 0) is 19.9 Å². The number of anilines is 1. The van der Waals surface area contributed by atoms with Gasteiger partial charge in [-0.2, -0.15) is 5.26 Å². The summed E-state index contributed by atoms with van der Waals surface area (Å²) in [6.07, 6.45) is 0. The molecule has 0 radical (unpaired) electrons. The quantitative estimate of drug-likeness (QED) is 0.646. The monoisotopic (exact) mass is 260 g/mol. The van der Waals surface area contributed by atoms with E-state index in [-0.39, 0.29) is 11.7 Å². The molecule has 1 saturated heterocycles. The molecule has 0 bridgehead atoms. The number of nitro groups is 1. The zero-order valence-electron chi connectivity index (χ0n) is 11.0. The molecule has 1 aromatic rings. The van der Waals surface area contributed by atoms with Crippen molar-refractivity contribution in [2.24, 2.45) is 0 Å². The molecule has 2 rings (SSSR count). The number of hydrogen-bond donors (Lipinski definition) is 1. The molecular formula is C13H16N4O2. The Balaban J connectivity index is 2.39. The van der Waals surface area contributed by atoms with Gasteiger partial charge in [0.15, 0.2) is 0 Å². The first-order valence-electron chi connectivity index (χ1n) is 6.21. The molecule has 100 valence electrons. The van der Waals surface area contributed by atoms with Crippen LogP contribution >= 0.6 is 0 Å². The first-order chi connectivity index (χ1) is 9.02. The van der Waals surface area contributed by atoms with Crippen LogP contribution in [0.3, 0.4) is 0 Å². The van der Waals surface area contributed by atoms with Crippen LogP contribution in [0.1, 0.15) is 19.4 Å². The highest BCUT2D eigenvalue weighted by Gasteiger charge is 2.25. The standard InChI is InChI=1S/C13H16N4O2/c1-9-8-16(10(2)7-15-9)13-4-3-12(17(18)19)5-11(13)6-14/h3-5,9-10,15H,7-8H2,1-2H3. The van der Waals surface area contributed by atoms with Crippen molar-refractivity contribution in [2.45, 2.75) is 25.9 Å². The van der Waals surface area contributed by atoms with Crippen molar-refractivity contribution in [3.8, 4) is 6.07 Å². The van der Waals surface area contributed by atoms with E-state index in [9.17, 15) is 15.4 Å². The van der Waals surface area contributed by atoms with E-state index in [2.05, 4.69) is 30.1 Å². The Hall–Kier alpha value is -2.13. The summed E-state index contributed by atoms with van der Waals surface area (Å²) in [5, 5.41) is 23.3. The lowest BCUT2D eigenvalue weighted by Crippen LogP contribution is -2.54. The molecule has 6 heteroatoms. The summed E-state index contributed by atoms with van der Waals surface area (Å²) in [5.74, 6) is 0. The van der Waals surface area contributed by atoms with Gasteiger partial charge in [0, 0.05) is 37.3 Å². The highest BCUT2D eigenvalue weighted by Crippen LogP contribution is 2.27. The Labute approximate surface area is 111 Å². The van der Waals surface area contributed by atoms with Gasteiger partial charge in [-0.3, -0.25) is 10.1 Å². The lowest BCUT2D eigenvalue weighted by Gasteiger charge is -2.39. The molecule has 2 atom stereocenters. The number of benzene rings is 1. The average Bonchev–Trinajstić information content (AvgIpc) is 2.40. The zero-order chi connectivity index (χ0) is 14.0. The lowest BCUT2D eigenvalue weighted by molar-refractivity contribution is -0.384. The number of nitrogens with one attached hydrogen (secondary N) is 1. The predicted octanol–water partition coefficient (Wildman–Crippen LogP) is 1.65. The zero-order valence-corrected chi connectivity index (χ0v) is 11.0. The summed E-state index contributed by atoms with van der Waals surface area (Å²) in [5.41, 5.74) is 1.08. The van der Waals surface area contributed by atoms with Crippen LogP contribution < -0.4 is 10.2 Å². The van der Waals surface area contributed by atoms with E-state index in [1.165, 1.54) is 12.1 Å². The largest absolute Gasteiger partial charge is 0.365 e. The number of hydrogen-bond acceptors (Lipinski definition) is 5. The van der Waals surface area contributed by atoms with Gasteiger partial charge in [-0.15, -0.1) is 0 Å². The van der Waals surface area contributed by atoms with Gasteiger partial charge in [-0.25, -0.2) is 0 Å². The normalized spacial score (nSPS) is 22.9. The fraction of sp³-hybridized carbons (Fsp3) is 0.462. The van der Waals surface area contributed by atoms with Crippen molar-refractivity contribution in [3.63, 3.8) is 0 Å². The van der Waals surface area contributed by atoms with E-state index in [1.54, 1.807) is 6.07 Å². The molecular weight excluding hydrogens is 244 g/mol. The Morgan fingerprint density at radius 1 is 1.53 bits per heavy atom. The third-order valence-corrected chi connectivity index (χ3v) is 3.39. The van der Waals surface area contributed by atoms with E-state index >= 15 is 0 Å². The summed E-state index contributed by atoms with van der Waals surface area (Å²) in [6.45, 7) is 5.77. The Kier molecular flexibility index (Phi) is 3.67. The maximum atomic E-state index is 10.7. The van der Waals surface area contributed by atoms with Gasteiger partial charge in [0.2, 0.25) is 0 Å². The minimum atomic E-state index is -0.478. The average molecular weight is 260 g/mol. The second kappa shape index (κ2) is 5.24. The molecule has 1 N–H and O–H groups in total. The number of rotatable bonds is 2. The van der Waals surface area contributed by atoms with E-state index in [1.807, 2.05) is 0 Å². The SMILES string of the molecule is CC1CN(c2ccc([N+](=O)[O-])cc2C#N)C(C)CN1. The van der Waals surface area contributed by atoms with Crippen LogP contribution in [0.5, 0.6) is 0 Å². The minimum absolute atomic E-state index is 0.0452. The molecule has 1 aliphatic heterocycles. The van der Waals surface area contributed by atoms with Crippen LogP contribution in [0, 0.1) is 21.4 Å². The predicted molar refractivity (Wildman–Crippen MR) is 72.1 cm³/mol. The van der Waals surface area contributed by atoms with Crippen molar-refractivity contribution in [2.75, 3.05) is 18.0 Å². The Bertz CT molecular complexity index is 538. The number of non-ortho nitro benzene ring substituents is 1. The molecule has 0 aromatic heterocycles. The highest BCUT2D eigenvalue weighted by molar-refractivity contribution is 5.63. The van der Waals surface area contributed by atoms with Crippen molar-refractivity contribution in [3.05, 3.63) is 33.9 Å². The molecule has 1 aliphatic rings. The summed E-state index contributed by atoms with van der Waals surface area (Å²) in [4.78, 5) is 12.4. The van der Waals surface area contributed by atoms with Crippen LogP contribution in [-0.2, 0) is 0 Å². The van der Waals surface area contributed by atoms with E-state index in [0.29, 0.717) is 11.6 Å². The van der Waals surface area contributed by atoms with Crippen LogP contribution in [0.25, 0.3) is 0 Å². The number of nitriles is 1. The Morgan fingerprint density at radius 3 is 2.89 bits per heavy atom. The summed E-state index contributed by atoms with van der Waals surface area (Å²) < 4.78 is 0. The third-order valence-electron chi connectivity index (χ3n) is 3.39. The van der Waals surface area contributed by atoms with Crippen molar-refractivity contribution in [1.82, 2.24) is 5.32 Å². The Morgan fingerprint density at radius 2 is 2.26 bits per heavy atom. The van der Waals surface area contributed by atoms with E-state index in [0.717, 1.165) is 18.8 Å². The highest BCUT2D eigenvalue weighted by atomic mass is 16.6. The van der Waals surface area contributed by atoms with Crippen molar-refractivity contribution in [1.29, 1.82) is 5.26 Å². The van der Waals surface area contributed by atoms with Crippen molar-refractivity contribution < 1.29 is 4.92 Å². The number of nitro benzene ring substituents is 1. The molecule has 0 amide bonds. The van der Waals surface area contributed by atoms with Gasteiger partial charge < -0.3 is 10.2 Å². The fourth-order valence-electron chi connectivity index (χ4n) is 2.33. The molecule has 0 spiro atoms. The molecule has 0 saturated carbocycles. The summed E-state index contributed by atoms with van der Waals surface area (Å²) >= 11 is 0. The topological polar surface area (TPSA) is 82.2 Å². The lowest BCUT2D eigenvalue weighted by atomic mass is 10.1. The summed E-state index contributed by atoms with van der Waals surface area (Å²) in [6, 6.07) is 7.11. The molecule has 1 aromatic carbocycles. The number of nitrogens with zero attached hydrogens (tertiary/aromatic N) is 3. The van der Waals surface area contributed by atoms with Gasteiger partial charge in [0.1, 0.15) is 6.07 Å². The molecule has 1 fully saturated rings. The fourth-order valence-corrected chi connectivity index (χ4v) is 2.33. The molecule has 1 heterocycles. The van der Waals surface area contributed by atoms with Crippen LogP contribution in [0.4, 0.5) is 11.4 Å². The third kappa shape index (κ3) is 2.66.